The van der Waals surface area contributed by atoms with Gasteiger partial charge in [0.15, 0.2) is 11.5 Å². The maximum atomic E-state index is 13.7. The lowest BCUT2D eigenvalue weighted by Crippen LogP contribution is -2.29. The van der Waals surface area contributed by atoms with Gasteiger partial charge in [0.2, 0.25) is 0 Å². The molecule has 2 heterocycles. The average Bonchev–Trinajstić information content (AvgIpc) is 3.41. The van der Waals surface area contributed by atoms with Gasteiger partial charge in [-0.1, -0.05) is 0 Å². The van der Waals surface area contributed by atoms with Gasteiger partial charge < -0.3 is 19.0 Å². The molecule has 8 heteroatoms. The van der Waals surface area contributed by atoms with Crippen LogP contribution in [0.3, 0.4) is 0 Å². The molecule has 4 rings (SSSR count). The minimum Gasteiger partial charge on any atom is -0.507 e. The Balaban J connectivity index is 1.92. The van der Waals surface area contributed by atoms with Crippen molar-refractivity contribution in [3.8, 4) is 11.5 Å². The van der Waals surface area contributed by atoms with E-state index in [2.05, 4.69) is 0 Å². The summed E-state index contributed by atoms with van der Waals surface area (Å²) in [6.07, 6.45) is 1.41. The third kappa shape index (κ3) is 3.39. The predicted molar refractivity (Wildman–Crippen MR) is 114 cm³/mol. The molecular formula is C24H20FNO6. The number of Topliss-reactive ketones (excluding diaryl/α,β-unsaturated/α-hetero) is 1. The van der Waals surface area contributed by atoms with Crippen molar-refractivity contribution in [1.29, 1.82) is 0 Å². The number of aliphatic hydroxyl groups is 1. The number of ether oxygens (including phenoxy) is 2. The van der Waals surface area contributed by atoms with Crippen molar-refractivity contribution >= 4 is 23.1 Å². The number of ketones is 1. The van der Waals surface area contributed by atoms with E-state index >= 15 is 0 Å². The van der Waals surface area contributed by atoms with Crippen LogP contribution in [0.2, 0.25) is 0 Å². The number of amides is 1. The molecule has 1 N–H and O–H groups in total. The van der Waals surface area contributed by atoms with Gasteiger partial charge in [-0.15, -0.1) is 0 Å². The Labute approximate surface area is 183 Å². The smallest absolute Gasteiger partial charge is 0.300 e. The van der Waals surface area contributed by atoms with E-state index in [-0.39, 0.29) is 22.5 Å². The number of methoxy groups -OCH3 is 2. The lowest BCUT2D eigenvalue weighted by molar-refractivity contribution is -0.132. The number of furan rings is 1. The second kappa shape index (κ2) is 8.22. The van der Waals surface area contributed by atoms with Crippen LogP contribution in [0.4, 0.5) is 10.1 Å². The molecule has 1 atom stereocenters. The van der Waals surface area contributed by atoms with Crippen LogP contribution >= 0.6 is 0 Å². The summed E-state index contributed by atoms with van der Waals surface area (Å²) in [7, 11) is 2.94. The highest BCUT2D eigenvalue weighted by Crippen LogP contribution is 2.44. The van der Waals surface area contributed by atoms with Crippen LogP contribution < -0.4 is 14.4 Å². The summed E-state index contributed by atoms with van der Waals surface area (Å²) in [5.74, 6) is -1.52. The average molecular weight is 437 g/mol. The van der Waals surface area contributed by atoms with Gasteiger partial charge in [-0.25, -0.2) is 4.39 Å². The summed E-state index contributed by atoms with van der Waals surface area (Å²) < 4.78 is 29.8. The van der Waals surface area contributed by atoms with Crippen LogP contribution in [-0.4, -0.2) is 31.0 Å². The fourth-order valence-corrected chi connectivity index (χ4v) is 3.74. The van der Waals surface area contributed by atoms with E-state index in [1.165, 1.54) is 43.6 Å². The van der Waals surface area contributed by atoms with Crippen LogP contribution in [0.5, 0.6) is 11.5 Å². The molecule has 1 unspecified atom stereocenters. The number of halogens is 1. The first-order valence-electron chi connectivity index (χ1n) is 9.70. The van der Waals surface area contributed by atoms with Crippen molar-refractivity contribution in [3.63, 3.8) is 0 Å². The lowest BCUT2D eigenvalue weighted by Gasteiger charge is -2.24. The lowest BCUT2D eigenvalue weighted by atomic mass is 9.98. The number of hydrogen-bond donors (Lipinski definition) is 1. The fourth-order valence-electron chi connectivity index (χ4n) is 3.74. The molecule has 7 nitrogen and oxygen atoms in total. The molecular weight excluding hydrogens is 417 g/mol. The molecule has 1 amide bonds. The molecule has 1 aliphatic heterocycles. The van der Waals surface area contributed by atoms with Gasteiger partial charge in [0.05, 0.1) is 26.1 Å². The minimum absolute atomic E-state index is 0.161. The normalized spacial score (nSPS) is 17.6. The largest absolute Gasteiger partial charge is 0.507 e. The second-order valence-corrected chi connectivity index (χ2v) is 7.19. The third-order valence-corrected chi connectivity index (χ3v) is 5.33. The number of hydrogen-bond acceptors (Lipinski definition) is 6. The van der Waals surface area contributed by atoms with Gasteiger partial charge in [-0.3, -0.25) is 14.5 Å². The first kappa shape index (κ1) is 21.2. The standard InChI is InChI=1S/C24H20FNO6/c1-13-11-14(6-8-16(13)25)22(27)20-21(18-5-4-10-32-18)26(24(29)23(20)28)15-7-9-17(30-2)19(12-15)31-3/h4-12,21,27H,1-3H3/b22-20-. The van der Waals surface area contributed by atoms with E-state index in [1.54, 1.807) is 37.3 Å². The molecule has 3 aromatic rings. The van der Waals surface area contributed by atoms with Gasteiger partial charge in [0.25, 0.3) is 11.7 Å². The van der Waals surface area contributed by atoms with Crippen molar-refractivity contribution in [1.82, 2.24) is 0 Å². The Hall–Kier alpha value is -4.07. The number of nitrogens with zero attached hydrogens (tertiary/aromatic N) is 1. The maximum absolute atomic E-state index is 13.7. The van der Waals surface area contributed by atoms with Gasteiger partial charge in [0, 0.05) is 17.3 Å². The molecule has 1 fully saturated rings. The van der Waals surface area contributed by atoms with Crippen LogP contribution in [0.1, 0.15) is 22.9 Å². The topological polar surface area (TPSA) is 89.2 Å². The summed E-state index contributed by atoms with van der Waals surface area (Å²) in [6, 6.07) is 10.9. The number of aryl methyl sites for hydroxylation is 1. The van der Waals surface area contributed by atoms with Crippen LogP contribution in [0, 0.1) is 12.7 Å². The third-order valence-electron chi connectivity index (χ3n) is 5.33. The van der Waals surface area contributed by atoms with Gasteiger partial charge in [0.1, 0.15) is 23.4 Å². The molecule has 0 radical (unpaired) electrons. The zero-order valence-electron chi connectivity index (χ0n) is 17.6. The van der Waals surface area contributed by atoms with Gasteiger partial charge in [-0.05, 0) is 55.0 Å². The Kier molecular flexibility index (Phi) is 5.44. The number of anilines is 1. The van der Waals surface area contributed by atoms with E-state index in [1.807, 2.05) is 0 Å². The number of aliphatic hydroxyl groups excluding tert-OH is 1. The molecule has 0 aliphatic carbocycles. The molecule has 0 saturated carbocycles. The summed E-state index contributed by atoms with van der Waals surface area (Å²) in [6.45, 7) is 1.54. The van der Waals surface area contributed by atoms with Crippen molar-refractivity contribution in [2.45, 2.75) is 13.0 Å². The molecule has 2 aromatic carbocycles. The molecule has 0 bridgehead atoms. The van der Waals surface area contributed by atoms with Gasteiger partial charge >= 0.3 is 0 Å². The zero-order chi connectivity index (χ0) is 23.0. The number of benzene rings is 2. The van der Waals surface area contributed by atoms with E-state index in [0.29, 0.717) is 17.2 Å². The molecule has 1 saturated heterocycles. The van der Waals surface area contributed by atoms with E-state index < -0.39 is 29.3 Å². The Morgan fingerprint density at radius 2 is 1.81 bits per heavy atom. The quantitative estimate of drug-likeness (QED) is 0.362. The Morgan fingerprint density at radius 3 is 2.44 bits per heavy atom. The monoisotopic (exact) mass is 437 g/mol. The Bertz CT molecular complexity index is 1230. The zero-order valence-corrected chi connectivity index (χ0v) is 17.6. The van der Waals surface area contributed by atoms with E-state index in [9.17, 15) is 19.1 Å². The predicted octanol–water partition coefficient (Wildman–Crippen LogP) is 4.37. The van der Waals surface area contributed by atoms with Crippen LogP contribution in [0.25, 0.3) is 5.76 Å². The summed E-state index contributed by atoms with van der Waals surface area (Å²) >= 11 is 0. The molecule has 32 heavy (non-hydrogen) atoms. The molecule has 0 spiro atoms. The number of carbonyl (C=O) groups is 2. The minimum atomic E-state index is -1.03. The molecule has 164 valence electrons. The summed E-state index contributed by atoms with van der Waals surface area (Å²) in [5.41, 5.74) is 0.690. The van der Waals surface area contributed by atoms with E-state index in [0.717, 1.165) is 0 Å². The number of rotatable bonds is 5. The van der Waals surface area contributed by atoms with E-state index in [4.69, 9.17) is 13.9 Å². The van der Waals surface area contributed by atoms with Crippen molar-refractivity contribution in [2.75, 3.05) is 19.1 Å². The fraction of sp³-hybridized carbons (Fsp3) is 0.167. The highest BCUT2D eigenvalue weighted by molar-refractivity contribution is 6.51. The van der Waals surface area contributed by atoms with Crippen molar-refractivity contribution in [2.24, 2.45) is 0 Å². The first-order valence-corrected chi connectivity index (χ1v) is 9.70. The van der Waals surface area contributed by atoms with Crippen molar-refractivity contribution < 1.29 is 33.0 Å². The Morgan fingerprint density at radius 1 is 1.06 bits per heavy atom. The van der Waals surface area contributed by atoms with Crippen LogP contribution in [0.15, 0.2) is 64.8 Å². The SMILES string of the molecule is COc1ccc(N2C(=O)C(=O)/C(=C(\O)c3ccc(F)c(C)c3)C2c2ccco2)cc1OC. The number of carbonyl (C=O) groups excluding carboxylic acids is 2. The van der Waals surface area contributed by atoms with Crippen molar-refractivity contribution in [3.05, 3.63) is 83.1 Å². The highest BCUT2D eigenvalue weighted by atomic mass is 19.1. The van der Waals surface area contributed by atoms with Crippen LogP contribution in [-0.2, 0) is 9.59 Å². The maximum Gasteiger partial charge on any atom is 0.300 e. The summed E-state index contributed by atoms with van der Waals surface area (Å²) in [5, 5.41) is 11.0. The van der Waals surface area contributed by atoms with Gasteiger partial charge in [-0.2, -0.15) is 0 Å². The molecule has 1 aromatic heterocycles. The summed E-state index contributed by atoms with van der Waals surface area (Å²) in [4.78, 5) is 27.4. The second-order valence-electron chi connectivity index (χ2n) is 7.19. The highest BCUT2D eigenvalue weighted by Gasteiger charge is 2.48. The molecule has 1 aliphatic rings. The first-order chi connectivity index (χ1) is 15.4.